The van der Waals surface area contributed by atoms with Crippen molar-refractivity contribution >= 4 is 23.4 Å². The third-order valence-electron chi connectivity index (χ3n) is 4.50. The monoisotopic (exact) mass is 380 g/mol. The van der Waals surface area contributed by atoms with E-state index in [2.05, 4.69) is 23.2 Å². The number of carbonyl (C=O) groups excluding carboxylic acids is 1. The van der Waals surface area contributed by atoms with Crippen LogP contribution in [0.25, 0.3) is 11.4 Å². The second-order valence-corrected chi connectivity index (χ2v) is 7.67. The van der Waals surface area contributed by atoms with Crippen molar-refractivity contribution in [2.24, 2.45) is 7.05 Å². The molecular formula is C21H24N4OS. The summed E-state index contributed by atoms with van der Waals surface area (Å²) in [6, 6.07) is 17.9. The maximum atomic E-state index is 13.0. The van der Waals surface area contributed by atoms with E-state index in [4.69, 9.17) is 0 Å². The van der Waals surface area contributed by atoms with Gasteiger partial charge < -0.3 is 9.47 Å². The summed E-state index contributed by atoms with van der Waals surface area (Å²) in [6.07, 6.45) is 0. The lowest BCUT2D eigenvalue weighted by Crippen LogP contribution is -2.36. The number of benzene rings is 2. The van der Waals surface area contributed by atoms with Crippen LogP contribution in [0.2, 0.25) is 0 Å². The molecule has 0 fully saturated rings. The third-order valence-corrected chi connectivity index (χ3v) is 5.62. The largest absolute Gasteiger partial charge is 0.312 e. The lowest BCUT2D eigenvalue weighted by molar-refractivity contribution is -0.117. The van der Waals surface area contributed by atoms with Gasteiger partial charge in [-0.3, -0.25) is 4.79 Å². The van der Waals surface area contributed by atoms with Crippen LogP contribution in [0, 0.1) is 6.92 Å². The molecule has 0 radical (unpaired) electrons. The van der Waals surface area contributed by atoms with E-state index < -0.39 is 0 Å². The van der Waals surface area contributed by atoms with Crippen LogP contribution in [0.5, 0.6) is 0 Å². The van der Waals surface area contributed by atoms with E-state index in [0.29, 0.717) is 6.54 Å². The van der Waals surface area contributed by atoms with Crippen molar-refractivity contribution in [3.8, 4) is 11.4 Å². The SMILES string of the molecule is CCN(C(=O)C(C)Sc1nnc(-c2ccccc2C)n1C)c1ccccc1. The molecule has 0 spiro atoms. The van der Waals surface area contributed by atoms with Crippen molar-refractivity contribution in [3.63, 3.8) is 0 Å². The average Bonchev–Trinajstić information content (AvgIpc) is 3.04. The molecule has 0 aliphatic rings. The third kappa shape index (κ3) is 4.06. The highest BCUT2D eigenvalue weighted by molar-refractivity contribution is 8.00. The Morgan fingerprint density at radius 1 is 1.11 bits per heavy atom. The van der Waals surface area contributed by atoms with Crippen molar-refractivity contribution in [3.05, 3.63) is 60.2 Å². The van der Waals surface area contributed by atoms with E-state index in [0.717, 1.165) is 27.8 Å². The quantitative estimate of drug-likeness (QED) is 0.598. The zero-order valence-electron chi connectivity index (χ0n) is 16.1. The van der Waals surface area contributed by atoms with Gasteiger partial charge in [0.15, 0.2) is 11.0 Å². The van der Waals surface area contributed by atoms with Crippen LogP contribution in [0.15, 0.2) is 59.8 Å². The second-order valence-electron chi connectivity index (χ2n) is 6.36. The smallest absolute Gasteiger partial charge is 0.240 e. The molecule has 6 heteroatoms. The Bertz CT molecular complexity index is 923. The van der Waals surface area contributed by atoms with Gasteiger partial charge in [-0.05, 0) is 38.5 Å². The van der Waals surface area contributed by atoms with E-state index >= 15 is 0 Å². The van der Waals surface area contributed by atoms with Crippen molar-refractivity contribution in [2.45, 2.75) is 31.2 Å². The van der Waals surface area contributed by atoms with Gasteiger partial charge in [0.2, 0.25) is 5.91 Å². The van der Waals surface area contributed by atoms with Crippen molar-refractivity contribution in [2.75, 3.05) is 11.4 Å². The van der Waals surface area contributed by atoms with Crippen molar-refractivity contribution in [1.29, 1.82) is 0 Å². The Kier molecular flexibility index (Phi) is 5.96. The number of hydrogen-bond donors (Lipinski definition) is 0. The Balaban J connectivity index is 1.79. The van der Waals surface area contributed by atoms with Crippen LogP contribution < -0.4 is 4.90 Å². The highest BCUT2D eigenvalue weighted by Crippen LogP contribution is 2.28. The molecule has 0 aliphatic heterocycles. The molecule has 0 bridgehead atoms. The number of amides is 1. The van der Waals surface area contributed by atoms with E-state index in [1.54, 1.807) is 4.90 Å². The van der Waals surface area contributed by atoms with Crippen LogP contribution in [-0.2, 0) is 11.8 Å². The second kappa shape index (κ2) is 8.39. The zero-order valence-corrected chi connectivity index (χ0v) is 16.9. The van der Waals surface area contributed by atoms with E-state index in [1.165, 1.54) is 11.8 Å². The molecule has 140 valence electrons. The fraction of sp³-hybridized carbons (Fsp3) is 0.286. The normalized spacial score (nSPS) is 12.0. The summed E-state index contributed by atoms with van der Waals surface area (Å²) in [7, 11) is 1.94. The Labute approximate surface area is 164 Å². The molecule has 1 aromatic heterocycles. The van der Waals surface area contributed by atoms with Gasteiger partial charge >= 0.3 is 0 Å². The fourth-order valence-electron chi connectivity index (χ4n) is 2.98. The number of rotatable bonds is 6. The van der Waals surface area contributed by atoms with Gasteiger partial charge in [-0.2, -0.15) is 0 Å². The van der Waals surface area contributed by atoms with E-state index in [9.17, 15) is 4.79 Å². The van der Waals surface area contributed by atoms with Crippen molar-refractivity contribution in [1.82, 2.24) is 14.8 Å². The van der Waals surface area contributed by atoms with Crippen LogP contribution in [-0.4, -0.2) is 32.5 Å². The van der Waals surface area contributed by atoms with E-state index in [-0.39, 0.29) is 11.2 Å². The summed E-state index contributed by atoms with van der Waals surface area (Å²) in [5.41, 5.74) is 3.11. The summed E-state index contributed by atoms with van der Waals surface area (Å²) in [4.78, 5) is 14.8. The highest BCUT2D eigenvalue weighted by Gasteiger charge is 2.24. The number of carbonyl (C=O) groups is 1. The molecule has 27 heavy (non-hydrogen) atoms. The summed E-state index contributed by atoms with van der Waals surface area (Å²) in [6.45, 7) is 6.59. The van der Waals surface area contributed by atoms with Gasteiger partial charge in [0.05, 0.1) is 5.25 Å². The fourth-order valence-corrected chi connectivity index (χ4v) is 3.85. The molecule has 0 N–H and O–H groups in total. The molecule has 3 aromatic rings. The Morgan fingerprint density at radius 3 is 2.44 bits per heavy atom. The Hall–Kier alpha value is -2.60. The molecule has 1 unspecified atom stereocenters. The van der Waals surface area contributed by atoms with E-state index in [1.807, 2.05) is 74.0 Å². The van der Waals surface area contributed by atoms with Crippen molar-refractivity contribution < 1.29 is 4.79 Å². The van der Waals surface area contributed by atoms with Gasteiger partial charge in [0.25, 0.3) is 0 Å². The zero-order chi connectivity index (χ0) is 19.4. The summed E-state index contributed by atoms with van der Waals surface area (Å²) < 4.78 is 1.95. The molecule has 2 aromatic carbocycles. The summed E-state index contributed by atoms with van der Waals surface area (Å²) >= 11 is 1.44. The molecule has 5 nitrogen and oxygen atoms in total. The minimum Gasteiger partial charge on any atom is -0.312 e. The first-order valence-corrected chi connectivity index (χ1v) is 9.89. The number of nitrogens with zero attached hydrogens (tertiary/aromatic N) is 4. The highest BCUT2D eigenvalue weighted by atomic mass is 32.2. The number of aromatic nitrogens is 3. The van der Waals surface area contributed by atoms with Crippen LogP contribution in [0.3, 0.4) is 0 Å². The molecule has 1 amide bonds. The topological polar surface area (TPSA) is 51.0 Å². The molecule has 3 rings (SSSR count). The van der Waals surface area contributed by atoms with Crippen LogP contribution >= 0.6 is 11.8 Å². The Morgan fingerprint density at radius 2 is 1.78 bits per heavy atom. The standard InChI is InChI=1S/C21H24N4OS/c1-5-25(17-12-7-6-8-13-17)20(26)16(3)27-21-23-22-19(24(21)4)18-14-10-9-11-15(18)2/h6-14,16H,5H2,1-4H3. The lowest BCUT2D eigenvalue weighted by atomic mass is 10.1. The minimum absolute atomic E-state index is 0.0640. The molecular weight excluding hydrogens is 356 g/mol. The predicted molar refractivity (Wildman–Crippen MR) is 111 cm³/mol. The maximum Gasteiger partial charge on any atom is 0.240 e. The summed E-state index contributed by atoms with van der Waals surface area (Å²) in [5, 5.41) is 9.14. The first-order chi connectivity index (χ1) is 13.0. The lowest BCUT2D eigenvalue weighted by Gasteiger charge is -2.24. The van der Waals surface area contributed by atoms with Gasteiger partial charge in [-0.1, -0.05) is 54.2 Å². The maximum absolute atomic E-state index is 13.0. The first kappa shape index (κ1) is 19.2. The van der Waals surface area contributed by atoms with Gasteiger partial charge in [0.1, 0.15) is 0 Å². The molecule has 0 aliphatic carbocycles. The summed E-state index contributed by atoms with van der Waals surface area (Å²) in [5.74, 6) is 0.875. The number of aryl methyl sites for hydroxylation is 1. The number of hydrogen-bond acceptors (Lipinski definition) is 4. The van der Waals surface area contributed by atoms with Gasteiger partial charge in [-0.15, -0.1) is 10.2 Å². The number of anilines is 1. The minimum atomic E-state index is -0.266. The number of para-hydroxylation sites is 1. The van der Waals surface area contributed by atoms with Crippen LogP contribution in [0.4, 0.5) is 5.69 Å². The first-order valence-electron chi connectivity index (χ1n) is 9.01. The van der Waals surface area contributed by atoms with Crippen LogP contribution in [0.1, 0.15) is 19.4 Å². The number of thioether (sulfide) groups is 1. The molecule has 0 saturated heterocycles. The van der Waals surface area contributed by atoms with Gasteiger partial charge in [0, 0.05) is 24.8 Å². The molecule has 1 heterocycles. The van der Waals surface area contributed by atoms with Gasteiger partial charge in [-0.25, -0.2) is 0 Å². The molecule has 1 atom stereocenters. The molecule has 0 saturated carbocycles. The average molecular weight is 381 g/mol. The predicted octanol–water partition coefficient (Wildman–Crippen LogP) is 4.32.